The Labute approximate surface area is 118 Å². The lowest BCUT2D eigenvalue weighted by molar-refractivity contribution is 0.580. The van der Waals surface area contributed by atoms with Crippen LogP contribution in [0.3, 0.4) is 0 Å². The highest BCUT2D eigenvalue weighted by Gasteiger charge is 2.13. The van der Waals surface area contributed by atoms with Crippen molar-refractivity contribution in [3.8, 4) is 0 Å². The van der Waals surface area contributed by atoms with E-state index in [1.54, 1.807) is 31.3 Å². The maximum absolute atomic E-state index is 12.1. The van der Waals surface area contributed by atoms with Crippen LogP contribution in [-0.2, 0) is 23.1 Å². The molecule has 2 aromatic rings. The molecule has 2 rings (SSSR count). The Balaban J connectivity index is 2.10. The minimum absolute atomic E-state index is 0.129. The van der Waals surface area contributed by atoms with E-state index >= 15 is 0 Å². The van der Waals surface area contributed by atoms with Crippen LogP contribution in [0.5, 0.6) is 0 Å². The fraction of sp³-hybridized carbons (Fsp3) is 0.231. The van der Waals surface area contributed by atoms with Crippen LogP contribution < -0.4 is 10.5 Å². The second-order valence-corrected chi connectivity index (χ2v) is 6.03. The Morgan fingerprint density at radius 3 is 2.50 bits per heavy atom. The van der Waals surface area contributed by atoms with Gasteiger partial charge in [-0.25, -0.2) is 23.1 Å². The second-order valence-electron chi connectivity index (χ2n) is 4.27. The zero-order valence-electron chi connectivity index (χ0n) is 11.1. The highest BCUT2D eigenvalue weighted by Crippen LogP contribution is 2.10. The summed E-state index contributed by atoms with van der Waals surface area (Å²) in [5.41, 5.74) is 6.99. The Bertz CT molecular complexity index is 684. The standard InChI is InChI=1S/C13H16N4O2S/c1-10-15-7-6-12(17-10)9-16-20(18,19)13-4-2-11(8-14)3-5-13/h2-7,16H,8-9,14H2,1H3. The average Bonchev–Trinajstić information content (AvgIpc) is 2.45. The van der Waals surface area contributed by atoms with Gasteiger partial charge in [-0.3, -0.25) is 0 Å². The third kappa shape index (κ3) is 3.60. The van der Waals surface area contributed by atoms with Crippen LogP contribution in [-0.4, -0.2) is 18.4 Å². The van der Waals surface area contributed by atoms with Crippen molar-refractivity contribution in [1.82, 2.24) is 14.7 Å². The molecule has 0 aliphatic carbocycles. The highest BCUT2D eigenvalue weighted by molar-refractivity contribution is 7.89. The fourth-order valence-corrected chi connectivity index (χ4v) is 2.66. The number of nitrogens with two attached hydrogens (primary N) is 1. The number of nitrogens with one attached hydrogen (secondary N) is 1. The van der Waals surface area contributed by atoms with Crippen LogP contribution in [0.15, 0.2) is 41.4 Å². The van der Waals surface area contributed by atoms with Crippen molar-refractivity contribution in [3.05, 3.63) is 53.6 Å². The summed E-state index contributed by atoms with van der Waals surface area (Å²) >= 11 is 0. The molecule has 1 aromatic heterocycles. The lowest BCUT2D eigenvalue weighted by Crippen LogP contribution is -2.24. The largest absolute Gasteiger partial charge is 0.326 e. The normalized spacial score (nSPS) is 11.5. The molecule has 6 nitrogen and oxygen atoms in total. The molecule has 0 fully saturated rings. The Morgan fingerprint density at radius 2 is 1.90 bits per heavy atom. The Hall–Kier alpha value is -1.83. The van der Waals surface area contributed by atoms with Crippen molar-refractivity contribution in [3.63, 3.8) is 0 Å². The van der Waals surface area contributed by atoms with Gasteiger partial charge < -0.3 is 5.73 Å². The Morgan fingerprint density at radius 1 is 1.20 bits per heavy atom. The van der Waals surface area contributed by atoms with E-state index in [4.69, 9.17) is 5.73 Å². The van der Waals surface area contributed by atoms with Crippen LogP contribution in [0.1, 0.15) is 17.1 Å². The van der Waals surface area contributed by atoms with Gasteiger partial charge in [0.2, 0.25) is 10.0 Å². The number of sulfonamides is 1. The number of benzene rings is 1. The summed E-state index contributed by atoms with van der Waals surface area (Å²) in [6, 6.07) is 8.14. The first kappa shape index (κ1) is 14.6. The first-order valence-corrected chi connectivity index (χ1v) is 7.57. The first-order valence-electron chi connectivity index (χ1n) is 6.08. The number of aromatic nitrogens is 2. The van der Waals surface area contributed by atoms with Gasteiger partial charge in [-0.15, -0.1) is 0 Å². The van der Waals surface area contributed by atoms with Crippen LogP contribution >= 0.6 is 0 Å². The monoisotopic (exact) mass is 292 g/mol. The van der Waals surface area contributed by atoms with Crippen molar-refractivity contribution in [2.45, 2.75) is 24.9 Å². The van der Waals surface area contributed by atoms with E-state index in [1.165, 1.54) is 12.1 Å². The first-order chi connectivity index (χ1) is 9.51. The molecule has 0 amide bonds. The third-order valence-electron chi connectivity index (χ3n) is 2.75. The molecule has 3 N–H and O–H groups in total. The molecule has 7 heteroatoms. The van der Waals surface area contributed by atoms with Gasteiger partial charge in [0.05, 0.1) is 17.1 Å². The molecule has 0 saturated carbocycles. The SMILES string of the molecule is Cc1nccc(CNS(=O)(=O)c2ccc(CN)cc2)n1. The quantitative estimate of drug-likeness (QED) is 0.846. The summed E-state index contributed by atoms with van der Waals surface area (Å²) in [4.78, 5) is 8.31. The number of hydrogen-bond donors (Lipinski definition) is 2. The molecule has 0 saturated heterocycles. The number of hydrogen-bond acceptors (Lipinski definition) is 5. The predicted octanol–water partition coefficient (Wildman–Crippen LogP) is 0.722. The number of nitrogens with zero attached hydrogens (tertiary/aromatic N) is 2. The van der Waals surface area contributed by atoms with E-state index in [-0.39, 0.29) is 11.4 Å². The summed E-state index contributed by atoms with van der Waals surface area (Å²) in [6.45, 7) is 2.27. The van der Waals surface area contributed by atoms with Crippen LogP contribution in [0.2, 0.25) is 0 Å². The van der Waals surface area contributed by atoms with Gasteiger partial charge in [-0.1, -0.05) is 12.1 Å². The van der Waals surface area contributed by atoms with E-state index < -0.39 is 10.0 Å². The predicted molar refractivity (Wildman–Crippen MR) is 75.1 cm³/mol. The minimum atomic E-state index is -3.55. The molecule has 1 heterocycles. The lowest BCUT2D eigenvalue weighted by atomic mass is 10.2. The Kier molecular flexibility index (Phi) is 4.43. The molecular formula is C13H16N4O2S. The maximum atomic E-state index is 12.1. The molecule has 0 bridgehead atoms. The topological polar surface area (TPSA) is 98.0 Å². The molecule has 0 unspecified atom stereocenters. The third-order valence-corrected chi connectivity index (χ3v) is 4.16. The summed E-state index contributed by atoms with van der Waals surface area (Å²) < 4.78 is 26.7. The fourth-order valence-electron chi connectivity index (χ4n) is 1.66. The molecular weight excluding hydrogens is 276 g/mol. The molecule has 0 radical (unpaired) electrons. The van der Waals surface area contributed by atoms with Gasteiger partial charge in [0.15, 0.2) is 0 Å². The van der Waals surface area contributed by atoms with E-state index in [0.29, 0.717) is 18.1 Å². The number of rotatable bonds is 5. The van der Waals surface area contributed by atoms with Crippen molar-refractivity contribution in [2.75, 3.05) is 0 Å². The summed E-state index contributed by atoms with van der Waals surface area (Å²) in [5, 5.41) is 0. The molecule has 1 aromatic carbocycles. The summed E-state index contributed by atoms with van der Waals surface area (Å²) in [5.74, 6) is 0.606. The summed E-state index contributed by atoms with van der Waals surface area (Å²) in [6.07, 6.45) is 1.60. The van der Waals surface area contributed by atoms with Gasteiger partial charge in [0.1, 0.15) is 5.82 Å². The summed E-state index contributed by atoms with van der Waals surface area (Å²) in [7, 11) is -3.55. The average molecular weight is 292 g/mol. The second kappa shape index (κ2) is 6.08. The number of aryl methyl sites for hydroxylation is 1. The van der Waals surface area contributed by atoms with E-state index in [2.05, 4.69) is 14.7 Å². The van der Waals surface area contributed by atoms with Crippen LogP contribution in [0, 0.1) is 6.92 Å². The van der Waals surface area contributed by atoms with Crippen molar-refractivity contribution in [1.29, 1.82) is 0 Å². The highest BCUT2D eigenvalue weighted by atomic mass is 32.2. The lowest BCUT2D eigenvalue weighted by Gasteiger charge is -2.07. The van der Waals surface area contributed by atoms with Crippen molar-refractivity contribution >= 4 is 10.0 Å². The van der Waals surface area contributed by atoms with Crippen molar-refractivity contribution in [2.24, 2.45) is 5.73 Å². The van der Waals surface area contributed by atoms with Gasteiger partial charge in [-0.2, -0.15) is 0 Å². The smallest absolute Gasteiger partial charge is 0.240 e. The molecule has 0 atom stereocenters. The van der Waals surface area contributed by atoms with E-state index in [1.807, 2.05) is 0 Å². The zero-order chi connectivity index (χ0) is 14.6. The minimum Gasteiger partial charge on any atom is -0.326 e. The molecule has 0 aliphatic heterocycles. The van der Waals surface area contributed by atoms with E-state index in [0.717, 1.165) is 5.56 Å². The van der Waals surface area contributed by atoms with Crippen molar-refractivity contribution < 1.29 is 8.42 Å². The van der Waals surface area contributed by atoms with Gasteiger partial charge in [0, 0.05) is 12.7 Å². The van der Waals surface area contributed by atoms with E-state index in [9.17, 15) is 8.42 Å². The van der Waals surface area contributed by atoms with Gasteiger partial charge in [0.25, 0.3) is 0 Å². The van der Waals surface area contributed by atoms with Gasteiger partial charge >= 0.3 is 0 Å². The van der Waals surface area contributed by atoms with Crippen LogP contribution in [0.4, 0.5) is 0 Å². The molecule has 0 aliphatic rings. The molecule has 20 heavy (non-hydrogen) atoms. The molecule has 0 spiro atoms. The maximum Gasteiger partial charge on any atom is 0.240 e. The van der Waals surface area contributed by atoms with Gasteiger partial charge in [-0.05, 0) is 30.7 Å². The molecule has 106 valence electrons. The zero-order valence-corrected chi connectivity index (χ0v) is 11.9. The van der Waals surface area contributed by atoms with Crippen LogP contribution in [0.25, 0.3) is 0 Å².